The van der Waals surface area contributed by atoms with E-state index in [2.05, 4.69) is 15.6 Å². The third-order valence-corrected chi connectivity index (χ3v) is 2.32. The van der Waals surface area contributed by atoms with Gasteiger partial charge in [0, 0.05) is 18.6 Å². The molecule has 0 radical (unpaired) electrons. The molecule has 0 amide bonds. The molecular weight excluding hydrogens is 174 g/mol. The van der Waals surface area contributed by atoms with E-state index in [-0.39, 0.29) is 0 Å². The molecule has 6 heteroatoms. The molecule has 0 bridgehead atoms. The van der Waals surface area contributed by atoms with Crippen LogP contribution >= 0.6 is 11.3 Å². The molecule has 1 aliphatic rings. The first kappa shape index (κ1) is 7.51. The number of hydrazone groups is 1. The van der Waals surface area contributed by atoms with E-state index < -0.39 is 0 Å². The molecule has 64 valence electrons. The number of amidine groups is 1. The zero-order valence-electron chi connectivity index (χ0n) is 6.85. The Labute approximate surface area is 74.3 Å². The monoisotopic (exact) mass is 183 g/mol. The molecule has 1 aliphatic heterocycles. The van der Waals surface area contributed by atoms with Crippen LogP contribution in [0.15, 0.2) is 16.7 Å². The van der Waals surface area contributed by atoms with E-state index in [1.807, 2.05) is 24.4 Å². The minimum atomic E-state index is 0.846. The Morgan fingerprint density at radius 1 is 1.58 bits per heavy atom. The number of aromatic nitrogens is 1. The second kappa shape index (κ2) is 2.72. The molecule has 2 rings (SSSR count). The van der Waals surface area contributed by atoms with Gasteiger partial charge in [-0.3, -0.25) is 5.01 Å². The quantitative estimate of drug-likeness (QED) is 0.694. The van der Waals surface area contributed by atoms with Crippen LogP contribution in [0.4, 0.5) is 5.13 Å². The summed E-state index contributed by atoms with van der Waals surface area (Å²) in [4.78, 5) is 4.12. The summed E-state index contributed by atoms with van der Waals surface area (Å²) in [5, 5.41) is 10.5. The molecular formula is C6H9N5S. The molecule has 0 fully saturated rings. The van der Waals surface area contributed by atoms with Crippen LogP contribution in [0.25, 0.3) is 0 Å². The van der Waals surface area contributed by atoms with Gasteiger partial charge < -0.3 is 0 Å². The fourth-order valence-corrected chi connectivity index (χ4v) is 1.40. The van der Waals surface area contributed by atoms with Gasteiger partial charge in [-0.1, -0.05) is 0 Å². The van der Waals surface area contributed by atoms with Crippen molar-refractivity contribution in [2.45, 2.75) is 6.92 Å². The lowest BCUT2D eigenvalue weighted by atomic mass is 10.7. The van der Waals surface area contributed by atoms with Crippen LogP contribution in [0.3, 0.4) is 0 Å². The normalized spacial score (nSPS) is 17.0. The van der Waals surface area contributed by atoms with Crippen LogP contribution in [0.2, 0.25) is 0 Å². The molecule has 1 aromatic heterocycles. The van der Waals surface area contributed by atoms with Crippen molar-refractivity contribution >= 4 is 22.3 Å². The van der Waals surface area contributed by atoms with Crippen molar-refractivity contribution < 1.29 is 0 Å². The fraction of sp³-hybridized carbons (Fsp3) is 0.333. The zero-order chi connectivity index (χ0) is 8.55. The molecule has 2 heterocycles. The van der Waals surface area contributed by atoms with E-state index in [0.717, 1.165) is 11.0 Å². The average molecular weight is 183 g/mol. The molecule has 0 aromatic carbocycles. The van der Waals surface area contributed by atoms with Crippen molar-refractivity contribution in [3.63, 3.8) is 0 Å². The molecule has 12 heavy (non-hydrogen) atoms. The van der Waals surface area contributed by atoms with E-state index in [1.54, 1.807) is 22.7 Å². The molecule has 0 atom stereocenters. The predicted molar refractivity (Wildman–Crippen MR) is 48.6 cm³/mol. The zero-order valence-corrected chi connectivity index (χ0v) is 7.67. The summed E-state index contributed by atoms with van der Waals surface area (Å²) in [7, 11) is 1.91. The van der Waals surface area contributed by atoms with E-state index >= 15 is 0 Å². The van der Waals surface area contributed by atoms with Crippen LogP contribution in [-0.2, 0) is 0 Å². The maximum Gasteiger partial charge on any atom is 0.223 e. The maximum atomic E-state index is 4.22. The van der Waals surface area contributed by atoms with Gasteiger partial charge in [-0.15, -0.1) is 27.1 Å². The molecule has 0 saturated heterocycles. The topological polar surface area (TPSA) is 43.8 Å². The van der Waals surface area contributed by atoms with Gasteiger partial charge in [0.1, 0.15) is 5.84 Å². The smallest absolute Gasteiger partial charge is 0.223 e. The number of hydrogen-bond donors (Lipinski definition) is 1. The Balaban J connectivity index is 2.20. The second-order valence-corrected chi connectivity index (χ2v) is 3.31. The van der Waals surface area contributed by atoms with Crippen LogP contribution < -0.4 is 10.7 Å². The first-order valence-corrected chi connectivity index (χ1v) is 4.40. The van der Waals surface area contributed by atoms with E-state index in [9.17, 15) is 0 Å². The lowest BCUT2D eigenvalue weighted by Crippen LogP contribution is -2.39. The van der Waals surface area contributed by atoms with Crippen LogP contribution in [-0.4, -0.2) is 22.9 Å². The molecule has 0 spiro atoms. The van der Waals surface area contributed by atoms with E-state index in [4.69, 9.17) is 0 Å². The van der Waals surface area contributed by atoms with Gasteiger partial charge in [0.15, 0.2) is 0 Å². The summed E-state index contributed by atoms with van der Waals surface area (Å²) in [6.45, 7) is 1.93. The van der Waals surface area contributed by atoms with Crippen LogP contribution in [0, 0.1) is 0 Å². The minimum Gasteiger partial charge on any atom is -0.278 e. The standard InChI is InChI=1S/C6H9N5S/c1-5-8-11(9-10(5)2)6-7-3-4-12-6/h3-4,9H,1-2H3. The molecule has 1 N–H and O–H groups in total. The van der Waals surface area contributed by atoms with Crippen LogP contribution in [0.5, 0.6) is 0 Å². The first-order chi connectivity index (χ1) is 5.77. The predicted octanol–water partition coefficient (Wildman–Crippen LogP) is 0.648. The van der Waals surface area contributed by atoms with E-state index in [0.29, 0.717) is 0 Å². The summed E-state index contributed by atoms with van der Waals surface area (Å²) in [5.74, 6) is 0.921. The highest BCUT2D eigenvalue weighted by atomic mass is 32.1. The van der Waals surface area contributed by atoms with E-state index in [1.165, 1.54) is 0 Å². The third kappa shape index (κ3) is 1.15. The highest BCUT2D eigenvalue weighted by molar-refractivity contribution is 7.13. The van der Waals surface area contributed by atoms with Gasteiger partial charge in [0.25, 0.3) is 0 Å². The van der Waals surface area contributed by atoms with Gasteiger partial charge >= 0.3 is 0 Å². The number of nitrogens with zero attached hydrogens (tertiary/aromatic N) is 4. The number of anilines is 1. The molecule has 5 nitrogen and oxygen atoms in total. The summed E-state index contributed by atoms with van der Waals surface area (Å²) >= 11 is 1.54. The van der Waals surface area contributed by atoms with Crippen molar-refractivity contribution in [1.82, 2.24) is 15.5 Å². The minimum absolute atomic E-state index is 0.846. The molecule has 0 unspecified atom stereocenters. The second-order valence-electron chi connectivity index (χ2n) is 2.43. The molecule has 0 saturated carbocycles. The first-order valence-electron chi connectivity index (χ1n) is 3.52. The van der Waals surface area contributed by atoms with Crippen molar-refractivity contribution in [2.24, 2.45) is 5.10 Å². The Kier molecular flexibility index (Phi) is 1.70. The maximum absolute atomic E-state index is 4.22. The number of thiazole rings is 1. The molecule has 0 aliphatic carbocycles. The summed E-state index contributed by atoms with van der Waals surface area (Å²) < 4.78 is 0. The van der Waals surface area contributed by atoms with Crippen molar-refractivity contribution in [2.75, 3.05) is 12.2 Å². The lowest BCUT2D eigenvalue weighted by Gasteiger charge is -2.13. The Bertz CT molecular complexity index is 293. The van der Waals surface area contributed by atoms with Crippen molar-refractivity contribution in [1.29, 1.82) is 0 Å². The fourth-order valence-electron chi connectivity index (χ4n) is 0.855. The van der Waals surface area contributed by atoms with Gasteiger partial charge in [-0.2, -0.15) is 0 Å². The van der Waals surface area contributed by atoms with Gasteiger partial charge in [-0.05, 0) is 6.92 Å². The van der Waals surface area contributed by atoms with Gasteiger partial charge in [0.2, 0.25) is 5.13 Å². The number of rotatable bonds is 1. The number of hydrogen-bond acceptors (Lipinski definition) is 6. The number of hydrazine groups is 2. The Hall–Kier alpha value is -1.14. The molecule has 1 aromatic rings. The Morgan fingerprint density at radius 3 is 2.92 bits per heavy atom. The number of nitrogens with one attached hydrogen (secondary N) is 1. The van der Waals surface area contributed by atoms with Gasteiger partial charge in [0.05, 0.1) is 0 Å². The van der Waals surface area contributed by atoms with Gasteiger partial charge in [-0.25, -0.2) is 4.98 Å². The SMILES string of the molecule is CC1=NN(c2nccs2)NN1C. The van der Waals surface area contributed by atoms with Crippen LogP contribution in [0.1, 0.15) is 6.92 Å². The highest BCUT2D eigenvalue weighted by Gasteiger charge is 2.17. The van der Waals surface area contributed by atoms with Crippen molar-refractivity contribution in [3.05, 3.63) is 11.6 Å². The highest BCUT2D eigenvalue weighted by Crippen LogP contribution is 2.17. The summed E-state index contributed by atoms with van der Waals surface area (Å²) in [6.07, 6.45) is 1.75. The third-order valence-electron chi connectivity index (χ3n) is 1.58. The lowest BCUT2D eigenvalue weighted by molar-refractivity contribution is 0.387. The Morgan fingerprint density at radius 2 is 2.42 bits per heavy atom. The summed E-state index contributed by atoms with van der Waals surface area (Å²) in [5.41, 5.74) is 3.02. The summed E-state index contributed by atoms with van der Waals surface area (Å²) in [6, 6.07) is 0. The average Bonchev–Trinajstić information content (AvgIpc) is 2.61. The largest absolute Gasteiger partial charge is 0.278 e. The van der Waals surface area contributed by atoms with Crippen molar-refractivity contribution in [3.8, 4) is 0 Å².